The van der Waals surface area contributed by atoms with Gasteiger partial charge in [-0.05, 0) is 61.7 Å². The molecule has 0 aliphatic carbocycles. The number of esters is 1. The van der Waals surface area contributed by atoms with Crippen LogP contribution >= 0.6 is 0 Å². The number of rotatable bonds is 7. The minimum atomic E-state index is -0.331. The number of benzene rings is 2. The molecule has 138 valence electrons. The second kappa shape index (κ2) is 9.04. The van der Waals surface area contributed by atoms with Gasteiger partial charge >= 0.3 is 5.97 Å². The fourth-order valence-corrected chi connectivity index (χ4v) is 2.35. The van der Waals surface area contributed by atoms with Crippen LogP contribution in [0.1, 0.15) is 34.0 Å². The first-order chi connectivity index (χ1) is 12.4. The number of hydrogen-bond donors (Lipinski definition) is 0. The number of aliphatic imine (C=N–C) groups is 1. The largest absolute Gasteiger partial charge is 0.497 e. The summed E-state index contributed by atoms with van der Waals surface area (Å²) in [6, 6.07) is 11.2. The van der Waals surface area contributed by atoms with Gasteiger partial charge in [0.25, 0.3) is 0 Å². The molecular formula is C21H26N2O3. The van der Waals surface area contributed by atoms with Gasteiger partial charge in [-0.15, -0.1) is 0 Å². The number of methoxy groups -OCH3 is 1. The van der Waals surface area contributed by atoms with E-state index in [0.717, 1.165) is 34.7 Å². The van der Waals surface area contributed by atoms with E-state index >= 15 is 0 Å². The van der Waals surface area contributed by atoms with Crippen molar-refractivity contribution in [3.8, 4) is 5.75 Å². The first-order valence-corrected chi connectivity index (χ1v) is 8.60. The molecule has 0 saturated heterocycles. The maximum absolute atomic E-state index is 12.4. The Morgan fingerprint density at radius 1 is 1.15 bits per heavy atom. The highest BCUT2D eigenvalue weighted by Gasteiger charge is 2.13. The van der Waals surface area contributed by atoms with Crippen LogP contribution in [0.3, 0.4) is 0 Å². The van der Waals surface area contributed by atoms with Crippen LogP contribution in [0.2, 0.25) is 0 Å². The molecule has 2 aromatic carbocycles. The standard InChI is InChI=1S/C21H26N2O3/c1-6-23(4)14-22-20-12-15(2)19(11-16(20)3)21(24)26-13-17-7-9-18(25-5)10-8-17/h7-12,14H,6,13H2,1-5H3. The summed E-state index contributed by atoms with van der Waals surface area (Å²) in [4.78, 5) is 18.9. The average Bonchev–Trinajstić information content (AvgIpc) is 2.66. The molecule has 0 N–H and O–H groups in total. The quantitative estimate of drug-likeness (QED) is 0.423. The summed E-state index contributed by atoms with van der Waals surface area (Å²) in [6.45, 7) is 7.01. The van der Waals surface area contributed by atoms with E-state index in [1.54, 1.807) is 13.4 Å². The molecule has 0 aliphatic heterocycles. The lowest BCUT2D eigenvalue weighted by Crippen LogP contribution is -2.14. The van der Waals surface area contributed by atoms with Crippen molar-refractivity contribution in [1.82, 2.24) is 4.90 Å². The van der Waals surface area contributed by atoms with Crippen molar-refractivity contribution in [2.75, 3.05) is 20.7 Å². The van der Waals surface area contributed by atoms with Crippen molar-refractivity contribution in [2.24, 2.45) is 4.99 Å². The van der Waals surface area contributed by atoms with Crippen molar-refractivity contribution in [3.63, 3.8) is 0 Å². The van der Waals surface area contributed by atoms with Crippen molar-refractivity contribution >= 4 is 18.0 Å². The van der Waals surface area contributed by atoms with Gasteiger partial charge < -0.3 is 14.4 Å². The Morgan fingerprint density at radius 3 is 2.46 bits per heavy atom. The van der Waals surface area contributed by atoms with Gasteiger partial charge in [-0.25, -0.2) is 9.79 Å². The summed E-state index contributed by atoms with van der Waals surface area (Å²) >= 11 is 0. The van der Waals surface area contributed by atoms with E-state index in [-0.39, 0.29) is 12.6 Å². The van der Waals surface area contributed by atoms with Gasteiger partial charge in [0.05, 0.1) is 24.7 Å². The van der Waals surface area contributed by atoms with Gasteiger partial charge in [-0.3, -0.25) is 0 Å². The first-order valence-electron chi connectivity index (χ1n) is 8.60. The summed E-state index contributed by atoms with van der Waals surface area (Å²) in [6.07, 6.45) is 1.80. The fraction of sp³-hybridized carbons (Fsp3) is 0.333. The van der Waals surface area contributed by atoms with Gasteiger partial charge in [0.2, 0.25) is 0 Å². The van der Waals surface area contributed by atoms with Gasteiger partial charge in [-0.1, -0.05) is 12.1 Å². The monoisotopic (exact) mass is 354 g/mol. The lowest BCUT2D eigenvalue weighted by Gasteiger charge is -2.12. The Balaban J connectivity index is 2.08. The minimum Gasteiger partial charge on any atom is -0.497 e. The Bertz CT molecular complexity index is 783. The van der Waals surface area contributed by atoms with Gasteiger partial charge in [0.15, 0.2) is 0 Å². The van der Waals surface area contributed by atoms with Crippen LogP contribution in [0.25, 0.3) is 0 Å². The minimum absolute atomic E-state index is 0.225. The lowest BCUT2D eigenvalue weighted by atomic mass is 10.0. The third-order valence-electron chi connectivity index (χ3n) is 4.18. The molecule has 0 heterocycles. The molecule has 0 bridgehead atoms. The van der Waals surface area contributed by atoms with E-state index in [9.17, 15) is 4.79 Å². The van der Waals surface area contributed by atoms with Crippen LogP contribution in [-0.2, 0) is 11.3 Å². The van der Waals surface area contributed by atoms with Gasteiger partial charge in [-0.2, -0.15) is 0 Å². The highest BCUT2D eigenvalue weighted by Crippen LogP contribution is 2.24. The molecule has 0 fully saturated rings. The van der Waals surface area contributed by atoms with Gasteiger partial charge in [0.1, 0.15) is 12.4 Å². The third-order valence-corrected chi connectivity index (χ3v) is 4.18. The molecule has 0 aromatic heterocycles. The third kappa shape index (κ3) is 5.09. The Kier molecular flexibility index (Phi) is 6.78. The van der Waals surface area contributed by atoms with Gasteiger partial charge in [0, 0.05) is 13.6 Å². The van der Waals surface area contributed by atoms with Crippen molar-refractivity contribution in [2.45, 2.75) is 27.4 Å². The number of carbonyl (C=O) groups is 1. The zero-order valence-corrected chi connectivity index (χ0v) is 16.1. The van der Waals surface area contributed by atoms with Crippen molar-refractivity contribution < 1.29 is 14.3 Å². The zero-order valence-electron chi connectivity index (χ0n) is 16.1. The van der Waals surface area contributed by atoms with Crippen LogP contribution in [0, 0.1) is 13.8 Å². The number of nitrogens with zero attached hydrogens (tertiary/aromatic N) is 2. The summed E-state index contributed by atoms with van der Waals surface area (Å²) in [7, 11) is 3.59. The zero-order chi connectivity index (χ0) is 19.1. The molecule has 0 unspecified atom stereocenters. The van der Waals surface area contributed by atoms with E-state index in [1.807, 2.05) is 62.2 Å². The summed E-state index contributed by atoms with van der Waals surface area (Å²) in [5.74, 6) is 0.444. The van der Waals surface area contributed by atoms with Crippen LogP contribution in [0.4, 0.5) is 5.69 Å². The summed E-state index contributed by atoms with van der Waals surface area (Å²) < 4.78 is 10.6. The first kappa shape index (κ1) is 19.5. The normalized spacial score (nSPS) is 10.8. The molecule has 0 saturated carbocycles. The maximum atomic E-state index is 12.4. The number of aryl methyl sites for hydroxylation is 2. The van der Waals surface area contributed by atoms with E-state index in [2.05, 4.69) is 11.9 Å². The Labute approximate surface area is 155 Å². The molecular weight excluding hydrogens is 328 g/mol. The van der Waals surface area contributed by atoms with Crippen LogP contribution in [0.15, 0.2) is 41.4 Å². The van der Waals surface area contributed by atoms with E-state index < -0.39 is 0 Å². The highest BCUT2D eigenvalue weighted by molar-refractivity contribution is 5.92. The Hall–Kier alpha value is -2.82. The summed E-state index contributed by atoms with van der Waals surface area (Å²) in [5.41, 5.74) is 4.13. The smallest absolute Gasteiger partial charge is 0.338 e. The molecule has 0 radical (unpaired) electrons. The predicted octanol–water partition coefficient (Wildman–Crippen LogP) is 4.28. The fourth-order valence-electron chi connectivity index (χ4n) is 2.35. The molecule has 2 aromatic rings. The average molecular weight is 354 g/mol. The number of ether oxygens (including phenoxy) is 2. The molecule has 0 atom stereocenters. The van der Waals surface area contributed by atoms with Crippen molar-refractivity contribution in [1.29, 1.82) is 0 Å². The van der Waals surface area contributed by atoms with Crippen molar-refractivity contribution in [3.05, 3.63) is 58.7 Å². The molecule has 5 heteroatoms. The predicted molar refractivity (Wildman–Crippen MR) is 104 cm³/mol. The van der Waals surface area contributed by atoms with Crippen LogP contribution in [-0.4, -0.2) is 37.9 Å². The second-order valence-corrected chi connectivity index (χ2v) is 6.20. The summed E-state index contributed by atoms with van der Waals surface area (Å²) in [5, 5.41) is 0. The topological polar surface area (TPSA) is 51.1 Å². The number of hydrogen-bond acceptors (Lipinski definition) is 4. The van der Waals surface area contributed by atoms with E-state index in [0.29, 0.717) is 5.56 Å². The SMILES string of the molecule is CCN(C)C=Nc1cc(C)c(C(=O)OCc2ccc(OC)cc2)cc1C. The van der Waals surface area contributed by atoms with E-state index in [1.165, 1.54) is 0 Å². The molecule has 5 nitrogen and oxygen atoms in total. The molecule has 0 spiro atoms. The second-order valence-electron chi connectivity index (χ2n) is 6.20. The van der Waals surface area contributed by atoms with Crippen LogP contribution < -0.4 is 4.74 Å². The molecule has 0 amide bonds. The number of carbonyl (C=O) groups excluding carboxylic acids is 1. The maximum Gasteiger partial charge on any atom is 0.338 e. The highest BCUT2D eigenvalue weighted by atomic mass is 16.5. The lowest BCUT2D eigenvalue weighted by molar-refractivity contribution is 0.0472. The molecule has 26 heavy (non-hydrogen) atoms. The molecule has 0 aliphatic rings. The molecule has 2 rings (SSSR count). The Morgan fingerprint density at radius 2 is 1.85 bits per heavy atom. The van der Waals surface area contributed by atoms with E-state index in [4.69, 9.17) is 9.47 Å². The van der Waals surface area contributed by atoms with Crippen LogP contribution in [0.5, 0.6) is 5.75 Å².